The van der Waals surface area contributed by atoms with Gasteiger partial charge < -0.3 is 10.2 Å². The van der Waals surface area contributed by atoms with E-state index in [1.165, 1.54) is 23.3 Å². The lowest BCUT2D eigenvalue weighted by Gasteiger charge is -2.57. The van der Waals surface area contributed by atoms with E-state index in [9.17, 15) is 10.2 Å². The van der Waals surface area contributed by atoms with E-state index in [1.54, 1.807) is 0 Å². The van der Waals surface area contributed by atoms with Crippen LogP contribution in [-0.2, 0) is 6.54 Å². The van der Waals surface area contributed by atoms with Gasteiger partial charge in [-0.2, -0.15) is 5.10 Å². The average Bonchev–Trinajstić information content (AvgIpc) is 3.20. The Hall–Kier alpha value is -1.39. The van der Waals surface area contributed by atoms with Crippen LogP contribution in [0.5, 0.6) is 0 Å². The van der Waals surface area contributed by atoms with Gasteiger partial charge >= 0.3 is 0 Å². The molecule has 0 bridgehead atoms. The summed E-state index contributed by atoms with van der Waals surface area (Å²) in [5.41, 5.74) is 5.30. The summed E-state index contributed by atoms with van der Waals surface area (Å²) in [5.74, 6) is 1.88. The summed E-state index contributed by atoms with van der Waals surface area (Å²) < 4.78 is 2.03. The summed E-state index contributed by atoms with van der Waals surface area (Å²) in [6, 6.07) is 0. The average molecular weight is 411 g/mol. The van der Waals surface area contributed by atoms with Crippen molar-refractivity contribution >= 4 is 6.08 Å². The minimum absolute atomic E-state index is 0.0163. The quantitative estimate of drug-likeness (QED) is 0.683. The van der Waals surface area contributed by atoms with Gasteiger partial charge in [0, 0.05) is 23.2 Å². The summed E-state index contributed by atoms with van der Waals surface area (Å²) in [6.45, 7) is 9.93. The normalized spacial score (nSPS) is 44.4. The molecule has 0 aromatic carbocycles. The molecule has 30 heavy (non-hydrogen) atoms. The third-order valence-corrected chi connectivity index (χ3v) is 9.73. The van der Waals surface area contributed by atoms with Crippen molar-refractivity contribution in [3.05, 3.63) is 34.7 Å². The number of hydrogen-bond donors (Lipinski definition) is 2. The van der Waals surface area contributed by atoms with Gasteiger partial charge in [-0.3, -0.25) is 4.68 Å². The van der Waals surface area contributed by atoms with Crippen LogP contribution in [0.4, 0.5) is 0 Å². The topological polar surface area (TPSA) is 58.3 Å². The molecule has 0 spiro atoms. The van der Waals surface area contributed by atoms with E-state index in [0.717, 1.165) is 50.6 Å². The second-order valence-electron chi connectivity index (χ2n) is 11.0. The summed E-state index contributed by atoms with van der Waals surface area (Å²) in [7, 11) is 0. The lowest BCUT2D eigenvalue weighted by atomic mass is 9.48. The molecule has 1 aromatic heterocycles. The molecule has 0 radical (unpaired) electrons. The predicted molar refractivity (Wildman–Crippen MR) is 120 cm³/mol. The van der Waals surface area contributed by atoms with E-state index in [0.29, 0.717) is 17.8 Å². The van der Waals surface area contributed by atoms with E-state index < -0.39 is 0 Å². The SMILES string of the molecule is CCn1ncc(/C=C2/C[C@@H]3[C@H]4CC=C5C[C@@H](O)CC[C@]5(C)[C@@H]4CC[C@]3(C)[C@H]2O)c1C. The van der Waals surface area contributed by atoms with Crippen LogP contribution < -0.4 is 0 Å². The van der Waals surface area contributed by atoms with Gasteiger partial charge in [-0.1, -0.05) is 25.5 Å². The number of allylic oxidation sites excluding steroid dienone is 1. The Morgan fingerprint density at radius 1 is 1.17 bits per heavy atom. The van der Waals surface area contributed by atoms with Gasteiger partial charge in [0.05, 0.1) is 18.4 Å². The lowest BCUT2D eigenvalue weighted by molar-refractivity contribution is -0.0685. The highest BCUT2D eigenvalue weighted by molar-refractivity contribution is 5.57. The Labute approximate surface area is 181 Å². The Balaban J connectivity index is 1.47. The molecule has 7 atom stereocenters. The third-order valence-electron chi connectivity index (χ3n) is 9.73. The molecule has 3 fully saturated rings. The zero-order valence-electron chi connectivity index (χ0n) is 19.1. The van der Waals surface area contributed by atoms with Crippen LogP contribution in [-0.4, -0.2) is 32.2 Å². The fraction of sp³-hybridized carbons (Fsp3) is 0.731. The van der Waals surface area contributed by atoms with Gasteiger partial charge in [0.25, 0.3) is 0 Å². The van der Waals surface area contributed by atoms with Gasteiger partial charge in [0.1, 0.15) is 0 Å². The smallest absolute Gasteiger partial charge is 0.0809 e. The predicted octanol–water partition coefficient (Wildman–Crippen LogP) is 4.89. The zero-order chi connectivity index (χ0) is 21.3. The fourth-order valence-electron chi connectivity index (χ4n) is 7.76. The molecule has 1 heterocycles. The number of hydrogen-bond acceptors (Lipinski definition) is 3. The molecule has 0 unspecified atom stereocenters. The number of rotatable bonds is 2. The molecule has 4 aliphatic carbocycles. The number of aliphatic hydroxyl groups is 2. The molecule has 3 saturated carbocycles. The number of aromatic nitrogens is 2. The maximum atomic E-state index is 11.4. The molecule has 2 N–H and O–H groups in total. The third kappa shape index (κ3) is 2.82. The zero-order valence-corrected chi connectivity index (χ0v) is 19.1. The molecule has 164 valence electrons. The first-order chi connectivity index (χ1) is 14.3. The van der Waals surface area contributed by atoms with Crippen molar-refractivity contribution < 1.29 is 10.2 Å². The number of fused-ring (bicyclic) bond motifs is 5. The molecule has 1 aromatic rings. The van der Waals surface area contributed by atoms with Crippen molar-refractivity contribution in [2.75, 3.05) is 0 Å². The van der Waals surface area contributed by atoms with Crippen LogP contribution >= 0.6 is 0 Å². The van der Waals surface area contributed by atoms with Crippen molar-refractivity contribution in [3.8, 4) is 0 Å². The van der Waals surface area contributed by atoms with E-state index >= 15 is 0 Å². The first kappa shape index (κ1) is 20.5. The fourth-order valence-corrected chi connectivity index (χ4v) is 7.76. The van der Waals surface area contributed by atoms with Crippen molar-refractivity contribution in [2.45, 2.75) is 91.4 Å². The number of aliphatic hydroxyl groups excluding tert-OH is 2. The minimum atomic E-state index is -0.348. The standard InChI is InChI=1S/C26H38N2O2/c1-5-28-16(2)18(15-27-28)12-17-13-23-21-7-6-19-14-20(29)8-10-25(19,3)22(21)9-11-26(23,4)24(17)30/h6,12,15,20-24,29-30H,5,7-11,13-14H2,1-4H3/b17-12-/t20-,21-,22+,23+,24-,25-,26-/m0/s1. The molecule has 0 saturated heterocycles. The van der Waals surface area contributed by atoms with Crippen LogP contribution in [0.15, 0.2) is 23.4 Å². The first-order valence-corrected chi connectivity index (χ1v) is 12.1. The van der Waals surface area contributed by atoms with E-state index in [4.69, 9.17) is 0 Å². The summed E-state index contributed by atoms with van der Waals surface area (Å²) >= 11 is 0. The Kier molecular flexibility index (Phi) is 4.83. The lowest BCUT2D eigenvalue weighted by Crippen LogP contribution is -2.51. The second-order valence-corrected chi connectivity index (χ2v) is 11.0. The molecule has 4 aliphatic rings. The van der Waals surface area contributed by atoms with Gasteiger partial charge in [0.2, 0.25) is 0 Å². The van der Waals surface area contributed by atoms with Gasteiger partial charge in [-0.05, 0) is 93.6 Å². The Morgan fingerprint density at radius 2 is 1.97 bits per heavy atom. The number of nitrogens with zero attached hydrogens (tertiary/aromatic N) is 2. The first-order valence-electron chi connectivity index (χ1n) is 12.1. The van der Waals surface area contributed by atoms with E-state index in [-0.39, 0.29) is 23.0 Å². The molecule has 0 aliphatic heterocycles. The van der Waals surface area contributed by atoms with Crippen LogP contribution in [0.3, 0.4) is 0 Å². The molecule has 4 heteroatoms. The highest BCUT2D eigenvalue weighted by Gasteiger charge is 2.59. The summed E-state index contributed by atoms with van der Waals surface area (Å²) in [6.07, 6.45) is 13.5. The van der Waals surface area contributed by atoms with Crippen molar-refractivity contribution in [1.29, 1.82) is 0 Å². The molecule has 0 amide bonds. The second kappa shape index (κ2) is 7.06. The highest BCUT2D eigenvalue weighted by Crippen LogP contribution is 2.65. The highest BCUT2D eigenvalue weighted by atomic mass is 16.3. The summed E-state index contributed by atoms with van der Waals surface area (Å²) in [5, 5.41) is 26.1. The Morgan fingerprint density at radius 3 is 2.70 bits per heavy atom. The van der Waals surface area contributed by atoms with Crippen molar-refractivity contribution in [2.24, 2.45) is 28.6 Å². The van der Waals surface area contributed by atoms with Crippen LogP contribution in [0.25, 0.3) is 6.08 Å². The van der Waals surface area contributed by atoms with E-state index in [2.05, 4.69) is 44.9 Å². The Bertz CT molecular complexity index is 899. The van der Waals surface area contributed by atoms with Gasteiger partial charge in [0.15, 0.2) is 0 Å². The maximum Gasteiger partial charge on any atom is 0.0809 e. The number of aryl methyl sites for hydroxylation is 1. The molecular formula is C26H38N2O2. The maximum absolute atomic E-state index is 11.4. The van der Waals surface area contributed by atoms with E-state index in [1.807, 2.05) is 10.9 Å². The molecule has 5 rings (SSSR count). The molecular weight excluding hydrogens is 372 g/mol. The molecule has 4 nitrogen and oxygen atoms in total. The van der Waals surface area contributed by atoms with Gasteiger partial charge in [-0.15, -0.1) is 0 Å². The largest absolute Gasteiger partial charge is 0.393 e. The summed E-state index contributed by atoms with van der Waals surface area (Å²) in [4.78, 5) is 0. The monoisotopic (exact) mass is 410 g/mol. The van der Waals surface area contributed by atoms with Crippen LogP contribution in [0.2, 0.25) is 0 Å². The van der Waals surface area contributed by atoms with Gasteiger partial charge in [-0.25, -0.2) is 0 Å². The minimum Gasteiger partial charge on any atom is -0.393 e. The van der Waals surface area contributed by atoms with Crippen LogP contribution in [0, 0.1) is 35.5 Å². The van der Waals surface area contributed by atoms with Crippen molar-refractivity contribution in [1.82, 2.24) is 9.78 Å². The van der Waals surface area contributed by atoms with Crippen LogP contribution in [0.1, 0.15) is 77.0 Å². The van der Waals surface area contributed by atoms with Crippen molar-refractivity contribution in [3.63, 3.8) is 0 Å².